The summed E-state index contributed by atoms with van der Waals surface area (Å²) in [5.41, 5.74) is 1.24. The van der Waals surface area contributed by atoms with Crippen LogP contribution in [0.4, 0.5) is 0 Å². The van der Waals surface area contributed by atoms with E-state index in [1.165, 1.54) is 19.3 Å². The molecule has 1 N–H and O–H groups in total. The zero-order chi connectivity index (χ0) is 19.2. The fourth-order valence-corrected chi connectivity index (χ4v) is 3.43. The van der Waals surface area contributed by atoms with Crippen LogP contribution in [0.2, 0.25) is 0 Å². The Kier molecular flexibility index (Phi) is 6.61. The highest BCUT2D eigenvalue weighted by Gasteiger charge is 2.16. The van der Waals surface area contributed by atoms with Crippen molar-refractivity contribution in [3.05, 3.63) is 23.9 Å². The lowest BCUT2D eigenvalue weighted by Crippen LogP contribution is -2.33. The number of fused-ring (bicyclic) bond motifs is 1. The average molecular weight is 374 g/mol. The van der Waals surface area contributed by atoms with Gasteiger partial charge < -0.3 is 19.2 Å². The number of piperidine rings is 1. The Bertz CT molecular complexity index is 763. The van der Waals surface area contributed by atoms with Crippen LogP contribution in [0.15, 0.2) is 18.2 Å². The van der Waals surface area contributed by atoms with E-state index in [0.29, 0.717) is 30.4 Å². The van der Waals surface area contributed by atoms with E-state index in [4.69, 9.17) is 14.2 Å². The van der Waals surface area contributed by atoms with Gasteiger partial charge in [0.15, 0.2) is 0 Å². The summed E-state index contributed by atoms with van der Waals surface area (Å²) in [7, 11) is 0. The van der Waals surface area contributed by atoms with E-state index in [9.17, 15) is 4.79 Å². The number of hydrogen-bond donors (Lipinski definition) is 1. The molecule has 0 unspecified atom stereocenters. The summed E-state index contributed by atoms with van der Waals surface area (Å²) in [5.74, 6) is 1.08. The van der Waals surface area contributed by atoms with Crippen molar-refractivity contribution in [2.24, 2.45) is 0 Å². The predicted octanol–water partition coefficient (Wildman–Crippen LogP) is 4.00. The number of carbonyl (C=O) groups excluding carboxylic acids is 1. The zero-order valence-corrected chi connectivity index (χ0v) is 16.5. The molecule has 1 aliphatic heterocycles. The van der Waals surface area contributed by atoms with Gasteiger partial charge in [0.1, 0.15) is 23.8 Å². The van der Waals surface area contributed by atoms with Gasteiger partial charge >= 0.3 is 5.97 Å². The van der Waals surface area contributed by atoms with Crippen molar-refractivity contribution in [3.8, 4) is 11.5 Å². The van der Waals surface area contributed by atoms with Crippen molar-refractivity contribution in [2.75, 3.05) is 32.8 Å². The van der Waals surface area contributed by atoms with Gasteiger partial charge in [-0.25, -0.2) is 4.79 Å². The molecule has 1 fully saturated rings. The number of nitrogens with zero attached hydrogens (tertiary/aromatic N) is 1. The third-order valence-corrected chi connectivity index (χ3v) is 4.65. The molecule has 1 saturated heterocycles. The summed E-state index contributed by atoms with van der Waals surface area (Å²) >= 11 is 0. The number of aromatic nitrogens is 1. The number of esters is 1. The molecule has 0 spiro atoms. The van der Waals surface area contributed by atoms with Crippen LogP contribution in [0.3, 0.4) is 0 Å². The van der Waals surface area contributed by atoms with E-state index in [1.807, 2.05) is 32.9 Å². The van der Waals surface area contributed by atoms with Gasteiger partial charge in [0, 0.05) is 24.1 Å². The van der Waals surface area contributed by atoms with Crippen molar-refractivity contribution in [1.82, 2.24) is 9.88 Å². The standard InChI is InChI=1S/C21H30N2O4/c1-4-25-20-13-16(27-15(2)3)12-18-17(20)14-19(22-18)21(24)26-11-10-23-8-6-5-7-9-23/h12-15,22H,4-11H2,1-3H3. The molecular weight excluding hydrogens is 344 g/mol. The third kappa shape index (κ3) is 5.16. The van der Waals surface area contributed by atoms with Gasteiger partial charge in [0.2, 0.25) is 0 Å². The number of hydrogen-bond acceptors (Lipinski definition) is 5. The Labute approximate surface area is 160 Å². The van der Waals surface area contributed by atoms with Gasteiger partial charge in [0.05, 0.1) is 18.2 Å². The Morgan fingerprint density at radius 1 is 1.19 bits per heavy atom. The minimum Gasteiger partial charge on any atom is -0.493 e. The number of likely N-dealkylation sites (tertiary alicyclic amines) is 1. The molecular formula is C21H30N2O4. The molecule has 0 atom stereocenters. The van der Waals surface area contributed by atoms with Gasteiger partial charge in [-0.15, -0.1) is 0 Å². The first kappa shape index (κ1) is 19.5. The minimum absolute atomic E-state index is 0.0612. The lowest BCUT2D eigenvalue weighted by atomic mass is 10.1. The molecule has 0 amide bonds. The quantitative estimate of drug-likeness (QED) is 0.708. The molecule has 0 radical (unpaired) electrons. The maximum Gasteiger partial charge on any atom is 0.354 e. The van der Waals surface area contributed by atoms with Crippen molar-refractivity contribution >= 4 is 16.9 Å². The lowest BCUT2D eigenvalue weighted by Gasteiger charge is -2.25. The van der Waals surface area contributed by atoms with Gasteiger partial charge in [-0.1, -0.05) is 6.42 Å². The van der Waals surface area contributed by atoms with E-state index >= 15 is 0 Å². The molecule has 3 rings (SSSR count). The van der Waals surface area contributed by atoms with Crippen molar-refractivity contribution < 1.29 is 19.0 Å². The van der Waals surface area contributed by atoms with Crippen LogP contribution in [-0.4, -0.2) is 54.8 Å². The number of benzene rings is 1. The Morgan fingerprint density at radius 3 is 2.67 bits per heavy atom. The molecule has 0 aliphatic carbocycles. The molecule has 1 aliphatic rings. The maximum atomic E-state index is 12.4. The highest BCUT2D eigenvalue weighted by atomic mass is 16.5. The molecule has 27 heavy (non-hydrogen) atoms. The number of ether oxygens (including phenoxy) is 3. The van der Waals surface area contributed by atoms with E-state index in [1.54, 1.807) is 6.07 Å². The van der Waals surface area contributed by atoms with E-state index in [2.05, 4.69) is 9.88 Å². The lowest BCUT2D eigenvalue weighted by molar-refractivity contribution is 0.0446. The summed E-state index contributed by atoms with van der Waals surface area (Å²) < 4.78 is 17.0. The van der Waals surface area contributed by atoms with Gasteiger partial charge in [-0.3, -0.25) is 4.90 Å². The molecule has 0 bridgehead atoms. The monoisotopic (exact) mass is 374 g/mol. The SMILES string of the molecule is CCOc1cc(OC(C)C)cc2[nH]c(C(=O)OCCN3CCCCC3)cc12. The summed E-state index contributed by atoms with van der Waals surface area (Å²) in [6, 6.07) is 5.55. The molecule has 2 aromatic rings. The van der Waals surface area contributed by atoms with Gasteiger partial charge in [-0.2, -0.15) is 0 Å². The first-order valence-corrected chi connectivity index (χ1v) is 9.92. The third-order valence-electron chi connectivity index (χ3n) is 4.65. The van der Waals surface area contributed by atoms with Crippen LogP contribution >= 0.6 is 0 Å². The Balaban J connectivity index is 1.70. The number of carbonyl (C=O) groups is 1. The summed E-state index contributed by atoms with van der Waals surface area (Å²) in [5, 5.41) is 0.857. The van der Waals surface area contributed by atoms with Gasteiger partial charge in [-0.05, 0) is 52.8 Å². The van der Waals surface area contributed by atoms with Crippen LogP contribution in [0, 0.1) is 0 Å². The normalized spacial score (nSPS) is 15.3. The maximum absolute atomic E-state index is 12.4. The largest absolute Gasteiger partial charge is 0.493 e. The number of nitrogens with one attached hydrogen (secondary N) is 1. The first-order chi connectivity index (χ1) is 13.1. The van der Waals surface area contributed by atoms with Crippen molar-refractivity contribution in [3.63, 3.8) is 0 Å². The van der Waals surface area contributed by atoms with Crippen molar-refractivity contribution in [1.29, 1.82) is 0 Å². The van der Waals surface area contributed by atoms with Crippen LogP contribution in [0.5, 0.6) is 11.5 Å². The van der Waals surface area contributed by atoms with Crippen LogP contribution < -0.4 is 9.47 Å². The van der Waals surface area contributed by atoms with E-state index in [-0.39, 0.29) is 12.1 Å². The zero-order valence-electron chi connectivity index (χ0n) is 16.5. The highest BCUT2D eigenvalue weighted by molar-refractivity contribution is 5.97. The Hall–Kier alpha value is -2.21. The second-order valence-corrected chi connectivity index (χ2v) is 7.20. The van der Waals surface area contributed by atoms with Crippen LogP contribution in [0.1, 0.15) is 50.5 Å². The van der Waals surface area contributed by atoms with Crippen LogP contribution in [0.25, 0.3) is 10.9 Å². The predicted molar refractivity (Wildman–Crippen MR) is 106 cm³/mol. The molecule has 0 saturated carbocycles. The van der Waals surface area contributed by atoms with E-state index < -0.39 is 0 Å². The molecule has 1 aromatic carbocycles. The number of rotatable bonds is 8. The number of aromatic amines is 1. The fraction of sp³-hybridized carbons (Fsp3) is 0.571. The molecule has 6 heteroatoms. The summed E-state index contributed by atoms with van der Waals surface area (Å²) in [4.78, 5) is 17.9. The minimum atomic E-state index is -0.336. The second-order valence-electron chi connectivity index (χ2n) is 7.20. The van der Waals surface area contributed by atoms with E-state index in [0.717, 1.165) is 30.5 Å². The fourth-order valence-electron chi connectivity index (χ4n) is 3.43. The molecule has 1 aromatic heterocycles. The molecule has 2 heterocycles. The first-order valence-electron chi connectivity index (χ1n) is 9.92. The summed E-state index contributed by atoms with van der Waals surface area (Å²) in [6.45, 7) is 9.83. The average Bonchev–Trinajstić information content (AvgIpc) is 3.07. The molecule has 148 valence electrons. The topological polar surface area (TPSA) is 63.8 Å². The number of H-pyrrole nitrogens is 1. The second kappa shape index (κ2) is 9.13. The Morgan fingerprint density at radius 2 is 1.96 bits per heavy atom. The van der Waals surface area contributed by atoms with Gasteiger partial charge in [0.25, 0.3) is 0 Å². The van der Waals surface area contributed by atoms with Crippen molar-refractivity contribution in [2.45, 2.75) is 46.1 Å². The molecule has 6 nitrogen and oxygen atoms in total. The highest BCUT2D eigenvalue weighted by Crippen LogP contribution is 2.32. The summed E-state index contributed by atoms with van der Waals surface area (Å²) in [6.07, 6.45) is 3.83. The van der Waals surface area contributed by atoms with Crippen LogP contribution in [-0.2, 0) is 4.74 Å². The smallest absolute Gasteiger partial charge is 0.354 e.